The first-order valence-corrected chi connectivity index (χ1v) is 7.20. The Bertz CT molecular complexity index is 665. The summed E-state index contributed by atoms with van der Waals surface area (Å²) in [5.74, 6) is 0.780. The monoisotopic (exact) mass is 296 g/mol. The summed E-state index contributed by atoms with van der Waals surface area (Å²) < 4.78 is 4.95. The molecule has 1 amide bonds. The highest BCUT2D eigenvalue weighted by molar-refractivity contribution is 5.93. The third-order valence-corrected chi connectivity index (χ3v) is 3.79. The van der Waals surface area contributed by atoms with E-state index in [0.717, 1.165) is 18.7 Å². The number of anilines is 1. The van der Waals surface area contributed by atoms with Gasteiger partial charge in [-0.15, -0.1) is 0 Å². The maximum Gasteiger partial charge on any atom is 0.257 e. The summed E-state index contributed by atoms with van der Waals surface area (Å²) in [5.41, 5.74) is 1.14. The Morgan fingerprint density at radius 2 is 2.18 bits per heavy atom. The van der Waals surface area contributed by atoms with Gasteiger partial charge in [0.1, 0.15) is 18.2 Å². The number of furan rings is 1. The third-order valence-electron chi connectivity index (χ3n) is 3.79. The minimum Gasteiger partial charge on any atom is -0.472 e. The van der Waals surface area contributed by atoms with Crippen molar-refractivity contribution in [2.45, 2.75) is 18.9 Å². The molecule has 6 heteroatoms. The van der Waals surface area contributed by atoms with Crippen LogP contribution in [0.1, 0.15) is 28.8 Å². The lowest BCUT2D eigenvalue weighted by molar-refractivity contribution is 0.0717. The molecule has 0 aliphatic carbocycles. The maximum atomic E-state index is 12.2. The second kappa shape index (κ2) is 6.31. The zero-order chi connectivity index (χ0) is 15.4. The lowest BCUT2D eigenvalue weighted by atomic mass is 10.0. The number of nitriles is 1. The highest BCUT2D eigenvalue weighted by atomic mass is 16.3. The zero-order valence-corrected chi connectivity index (χ0v) is 12.0. The summed E-state index contributed by atoms with van der Waals surface area (Å²) in [5, 5.41) is 12.1. The highest BCUT2D eigenvalue weighted by Gasteiger charge is 2.24. The Kier molecular flexibility index (Phi) is 4.05. The average Bonchev–Trinajstić information content (AvgIpc) is 3.10. The van der Waals surface area contributed by atoms with Gasteiger partial charge in [-0.05, 0) is 31.0 Å². The van der Waals surface area contributed by atoms with Crippen molar-refractivity contribution in [3.63, 3.8) is 0 Å². The van der Waals surface area contributed by atoms with E-state index in [0.29, 0.717) is 24.2 Å². The molecule has 1 fully saturated rings. The van der Waals surface area contributed by atoms with E-state index in [-0.39, 0.29) is 11.9 Å². The second-order valence-corrected chi connectivity index (χ2v) is 5.27. The standard InChI is InChI=1S/C16H16N4O2/c17-9-12-1-2-15(18-10-12)19-14-3-6-20(7-4-14)16(21)13-5-8-22-11-13/h1-2,5,8,10-11,14H,3-4,6-7H2,(H,18,19). The van der Waals surface area contributed by atoms with E-state index < -0.39 is 0 Å². The fourth-order valence-electron chi connectivity index (χ4n) is 2.55. The Labute approximate surface area is 128 Å². The van der Waals surface area contributed by atoms with Crippen LogP contribution in [0.2, 0.25) is 0 Å². The number of aromatic nitrogens is 1. The molecule has 1 N–H and O–H groups in total. The van der Waals surface area contributed by atoms with Crippen molar-refractivity contribution in [1.82, 2.24) is 9.88 Å². The number of carbonyl (C=O) groups excluding carboxylic acids is 1. The van der Waals surface area contributed by atoms with Crippen molar-refractivity contribution in [2.24, 2.45) is 0 Å². The van der Waals surface area contributed by atoms with Crippen LogP contribution in [0.25, 0.3) is 0 Å². The summed E-state index contributed by atoms with van der Waals surface area (Å²) in [4.78, 5) is 18.3. The van der Waals surface area contributed by atoms with Crippen molar-refractivity contribution < 1.29 is 9.21 Å². The van der Waals surface area contributed by atoms with Crippen LogP contribution in [-0.4, -0.2) is 34.9 Å². The van der Waals surface area contributed by atoms with Crippen molar-refractivity contribution in [3.05, 3.63) is 48.0 Å². The molecule has 0 unspecified atom stereocenters. The molecule has 1 saturated heterocycles. The van der Waals surface area contributed by atoms with Gasteiger partial charge in [-0.1, -0.05) is 0 Å². The Hall–Kier alpha value is -2.81. The number of nitrogens with zero attached hydrogens (tertiary/aromatic N) is 3. The normalized spacial score (nSPS) is 15.3. The molecule has 2 aromatic rings. The van der Waals surface area contributed by atoms with Crippen LogP contribution >= 0.6 is 0 Å². The lowest BCUT2D eigenvalue weighted by Gasteiger charge is -2.32. The largest absolute Gasteiger partial charge is 0.472 e. The lowest BCUT2D eigenvalue weighted by Crippen LogP contribution is -2.42. The topological polar surface area (TPSA) is 82.2 Å². The van der Waals surface area contributed by atoms with Gasteiger partial charge in [0.15, 0.2) is 0 Å². The molecular formula is C16H16N4O2. The summed E-state index contributed by atoms with van der Waals surface area (Å²) in [6.45, 7) is 1.41. The summed E-state index contributed by atoms with van der Waals surface area (Å²) in [6.07, 6.45) is 6.28. The first-order valence-electron chi connectivity index (χ1n) is 7.20. The number of rotatable bonds is 3. The first kappa shape index (κ1) is 14.1. The van der Waals surface area contributed by atoms with Crippen molar-refractivity contribution in [2.75, 3.05) is 18.4 Å². The van der Waals surface area contributed by atoms with Gasteiger partial charge in [0.2, 0.25) is 0 Å². The van der Waals surface area contributed by atoms with Gasteiger partial charge in [-0.25, -0.2) is 4.98 Å². The van der Waals surface area contributed by atoms with Crippen molar-refractivity contribution in [3.8, 4) is 6.07 Å². The van der Waals surface area contributed by atoms with Gasteiger partial charge < -0.3 is 14.6 Å². The van der Waals surface area contributed by atoms with Crippen LogP contribution in [-0.2, 0) is 0 Å². The van der Waals surface area contributed by atoms with Crippen LogP contribution in [0.15, 0.2) is 41.3 Å². The predicted octanol–water partition coefficient (Wildman–Crippen LogP) is 2.26. The molecular weight excluding hydrogens is 280 g/mol. The molecule has 1 aliphatic heterocycles. The molecule has 1 aliphatic rings. The van der Waals surface area contributed by atoms with Crippen LogP contribution in [0.4, 0.5) is 5.82 Å². The number of likely N-dealkylation sites (tertiary alicyclic amines) is 1. The first-order chi connectivity index (χ1) is 10.8. The fraction of sp³-hybridized carbons (Fsp3) is 0.312. The Morgan fingerprint density at radius 3 is 2.77 bits per heavy atom. The molecule has 6 nitrogen and oxygen atoms in total. The third kappa shape index (κ3) is 3.09. The Balaban J connectivity index is 1.53. The van der Waals surface area contributed by atoms with E-state index in [9.17, 15) is 4.79 Å². The minimum absolute atomic E-state index is 0.0173. The molecule has 3 heterocycles. The SMILES string of the molecule is N#Cc1ccc(NC2CCN(C(=O)c3ccoc3)CC2)nc1. The summed E-state index contributed by atoms with van der Waals surface area (Å²) in [6, 6.07) is 7.57. The zero-order valence-electron chi connectivity index (χ0n) is 12.0. The van der Waals surface area contributed by atoms with Crippen LogP contribution < -0.4 is 5.32 Å². The summed E-state index contributed by atoms with van der Waals surface area (Å²) >= 11 is 0. The quantitative estimate of drug-likeness (QED) is 0.939. The van der Waals surface area contributed by atoms with E-state index in [1.807, 2.05) is 17.0 Å². The minimum atomic E-state index is 0.0173. The van der Waals surface area contributed by atoms with E-state index in [1.54, 1.807) is 18.3 Å². The number of hydrogen-bond acceptors (Lipinski definition) is 5. The number of amides is 1. The fourth-order valence-corrected chi connectivity index (χ4v) is 2.55. The molecule has 22 heavy (non-hydrogen) atoms. The number of piperidine rings is 1. The van der Waals surface area contributed by atoms with Gasteiger partial charge in [0, 0.05) is 25.3 Å². The number of hydrogen-bond donors (Lipinski definition) is 1. The van der Waals surface area contributed by atoms with E-state index >= 15 is 0 Å². The van der Waals surface area contributed by atoms with E-state index in [2.05, 4.69) is 10.3 Å². The predicted molar refractivity (Wildman–Crippen MR) is 80.2 cm³/mol. The van der Waals surface area contributed by atoms with Gasteiger partial charge in [-0.2, -0.15) is 5.26 Å². The van der Waals surface area contributed by atoms with Gasteiger partial charge >= 0.3 is 0 Å². The molecule has 0 radical (unpaired) electrons. The van der Waals surface area contributed by atoms with Crippen LogP contribution in [0.3, 0.4) is 0 Å². The summed E-state index contributed by atoms with van der Waals surface area (Å²) in [7, 11) is 0. The van der Waals surface area contributed by atoms with Gasteiger partial charge in [-0.3, -0.25) is 4.79 Å². The molecule has 3 rings (SSSR count). The molecule has 0 bridgehead atoms. The second-order valence-electron chi connectivity index (χ2n) is 5.27. The van der Waals surface area contributed by atoms with Crippen molar-refractivity contribution >= 4 is 11.7 Å². The van der Waals surface area contributed by atoms with Crippen molar-refractivity contribution in [1.29, 1.82) is 5.26 Å². The number of carbonyl (C=O) groups is 1. The molecule has 0 spiro atoms. The molecule has 0 aromatic carbocycles. The van der Waals surface area contributed by atoms with Gasteiger partial charge in [0.25, 0.3) is 5.91 Å². The Morgan fingerprint density at radius 1 is 1.36 bits per heavy atom. The van der Waals surface area contributed by atoms with Gasteiger partial charge in [0.05, 0.1) is 17.4 Å². The van der Waals surface area contributed by atoms with E-state index in [1.165, 1.54) is 12.5 Å². The average molecular weight is 296 g/mol. The van der Waals surface area contributed by atoms with Crippen LogP contribution in [0.5, 0.6) is 0 Å². The molecule has 2 aromatic heterocycles. The number of nitrogens with one attached hydrogen (secondary N) is 1. The maximum absolute atomic E-state index is 12.2. The highest BCUT2D eigenvalue weighted by Crippen LogP contribution is 2.17. The molecule has 112 valence electrons. The van der Waals surface area contributed by atoms with E-state index in [4.69, 9.17) is 9.68 Å². The molecule has 0 saturated carbocycles. The smallest absolute Gasteiger partial charge is 0.257 e. The van der Waals surface area contributed by atoms with Crippen LogP contribution in [0, 0.1) is 11.3 Å². The number of pyridine rings is 1. The molecule has 0 atom stereocenters.